The molecule has 2 atom stereocenters. The Labute approximate surface area is 142 Å². The van der Waals surface area contributed by atoms with Crippen LogP contribution < -0.4 is 5.32 Å². The number of amides is 1. The van der Waals surface area contributed by atoms with Crippen LogP contribution in [0.1, 0.15) is 26.3 Å². The first-order valence-corrected chi connectivity index (χ1v) is 8.40. The lowest BCUT2D eigenvalue weighted by Gasteiger charge is -2.29. The Hall–Kier alpha value is -2.28. The largest absolute Gasteiger partial charge is 0.340 e. The highest BCUT2D eigenvalue weighted by Crippen LogP contribution is 2.22. The van der Waals surface area contributed by atoms with E-state index in [1.807, 2.05) is 56.1 Å². The van der Waals surface area contributed by atoms with Crippen molar-refractivity contribution in [3.63, 3.8) is 0 Å². The fraction of sp³-hybridized carbons (Fsp3) is 0.529. The van der Waals surface area contributed by atoms with Gasteiger partial charge in [-0.1, -0.05) is 44.2 Å². The van der Waals surface area contributed by atoms with Crippen LogP contribution in [0.25, 0.3) is 11.4 Å². The minimum absolute atomic E-state index is 0.0377. The van der Waals surface area contributed by atoms with Crippen molar-refractivity contribution in [1.82, 2.24) is 30.4 Å². The van der Waals surface area contributed by atoms with Gasteiger partial charge in [-0.05, 0) is 24.1 Å². The average Bonchev–Trinajstić information content (AvgIpc) is 3.27. The van der Waals surface area contributed by atoms with E-state index in [1.165, 1.54) is 4.80 Å². The zero-order valence-electron chi connectivity index (χ0n) is 14.4. The van der Waals surface area contributed by atoms with Crippen LogP contribution in [0.4, 0.5) is 0 Å². The molecule has 1 N–H and O–H groups in total. The summed E-state index contributed by atoms with van der Waals surface area (Å²) in [6.45, 7) is 5.81. The number of nitrogens with one attached hydrogen (secondary N) is 1. The van der Waals surface area contributed by atoms with Gasteiger partial charge in [0.2, 0.25) is 11.7 Å². The highest BCUT2D eigenvalue weighted by molar-refractivity contribution is 5.80. The molecule has 2 aromatic rings. The average molecular weight is 328 g/mol. The molecular formula is C17H24N6O. The van der Waals surface area contributed by atoms with E-state index >= 15 is 0 Å². The molecule has 3 rings (SSSR count). The Morgan fingerprint density at radius 2 is 2.08 bits per heavy atom. The third-order valence-corrected chi connectivity index (χ3v) is 4.52. The monoisotopic (exact) mass is 328 g/mol. The molecule has 1 aromatic carbocycles. The van der Waals surface area contributed by atoms with Gasteiger partial charge in [0, 0.05) is 25.2 Å². The highest BCUT2D eigenvalue weighted by Gasteiger charge is 2.33. The lowest BCUT2D eigenvalue weighted by atomic mass is 10.0. The predicted octanol–water partition coefficient (Wildman–Crippen LogP) is 1.36. The summed E-state index contributed by atoms with van der Waals surface area (Å²) in [6.07, 6.45) is 0.979. The van der Waals surface area contributed by atoms with Gasteiger partial charge in [0.1, 0.15) is 0 Å². The van der Waals surface area contributed by atoms with E-state index in [4.69, 9.17) is 0 Å². The molecule has 0 aliphatic carbocycles. The van der Waals surface area contributed by atoms with Gasteiger partial charge in [-0.2, -0.15) is 4.80 Å². The normalized spacial score (nSPS) is 18.8. The number of tetrazole rings is 1. The summed E-state index contributed by atoms with van der Waals surface area (Å²) < 4.78 is 0. The summed E-state index contributed by atoms with van der Waals surface area (Å²) in [5, 5.41) is 16.0. The van der Waals surface area contributed by atoms with E-state index in [2.05, 4.69) is 20.7 Å². The number of aromatic nitrogens is 4. The van der Waals surface area contributed by atoms with Crippen molar-refractivity contribution in [3.05, 3.63) is 30.3 Å². The second-order valence-corrected chi connectivity index (χ2v) is 6.58. The fourth-order valence-electron chi connectivity index (χ4n) is 3.05. The second-order valence-electron chi connectivity index (χ2n) is 6.58. The first-order chi connectivity index (χ1) is 11.6. The molecule has 24 heavy (non-hydrogen) atoms. The van der Waals surface area contributed by atoms with Crippen LogP contribution >= 0.6 is 0 Å². The molecule has 0 spiro atoms. The lowest BCUT2D eigenvalue weighted by molar-refractivity contribution is -0.137. The summed E-state index contributed by atoms with van der Waals surface area (Å²) in [5.41, 5.74) is 0.895. The van der Waals surface area contributed by atoms with Crippen LogP contribution in [0.3, 0.4) is 0 Å². The third kappa shape index (κ3) is 3.31. The molecule has 1 aliphatic rings. The van der Waals surface area contributed by atoms with Crippen molar-refractivity contribution < 1.29 is 4.79 Å². The first kappa shape index (κ1) is 16.6. The fourth-order valence-corrected chi connectivity index (χ4v) is 3.05. The van der Waals surface area contributed by atoms with E-state index in [9.17, 15) is 4.79 Å². The Morgan fingerprint density at radius 3 is 2.71 bits per heavy atom. The van der Waals surface area contributed by atoms with Crippen molar-refractivity contribution in [1.29, 1.82) is 0 Å². The van der Waals surface area contributed by atoms with Crippen LogP contribution in [0.2, 0.25) is 0 Å². The quantitative estimate of drug-likeness (QED) is 0.897. The number of hydrogen-bond donors (Lipinski definition) is 1. The number of likely N-dealkylation sites (N-methyl/N-ethyl adjacent to an activating group) is 1. The van der Waals surface area contributed by atoms with Crippen LogP contribution in [0.15, 0.2) is 30.3 Å². The molecule has 7 nitrogen and oxygen atoms in total. The van der Waals surface area contributed by atoms with Gasteiger partial charge in [-0.15, -0.1) is 10.2 Å². The Morgan fingerprint density at radius 1 is 1.33 bits per heavy atom. The summed E-state index contributed by atoms with van der Waals surface area (Å²) >= 11 is 0. The predicted molar refractivity (Wildman–Crippen MR) is 91.2 cm³/mol. The molecule has 128 valence electrons. The maximum Gasteiger partial charge on any atom is 0.249 e. The van der Waals surface area contributed by atoms with Gasteiger partial charge in [0.15, 0.2) is 6.04 Å². The topological polar surface area (TPSA) is 75.9 Å². The zero-order valence-corrected chi connectivity index (χ0v) is 14.4. The molecule has 1 saturated heterocycles. The minimum Gasteiger partial charge on any atom is -0.340 e. The van der Waals surface area contributed by atoms with Crippen molar-refractivity contribution in [2.45, 2.75) is 32.4 Å². The number of carbonyl (C=O) groups is 1. The van der Waals surface area contributed by atoms with Crippen molar-refractivity contribution in [2.24, 2.45) is 5.92 Å². The number of rotatable bonds is 5. The zero-order chi connectivity index (χ0) is 17.1. The summed E-state index contributed by atoms with van der Waals surface area (Å²) in [7, 11) is 1.87. The number of benzene rings is 1. The number of nitrogens with zero attached hydrogens (tertiary/aromatic N) is 5. The Kier molecular flexibility index (Phi) is 4.89. The van der Waals surface area contributed by atoms with E-state index < -0.39 is 6.04 Å². The van der Waals surface area contributed by atoms with Crippen LogP contribution in [0, 0.1) is 5.92 Å². The van der Waals surface area contributed by atoms with Gasteiger partial charge >= 0.3 is 0 Å². The maximum absolute atomic E-state index is 13.0. The number of hydrogen-bond acceptors (Lipinski definition) is 5. The molecule has 0 bridgehead atoms. The Bertz CT molecular complexity index is 677. The summed E-state index contributed by atoms with van der Waals surface area (Å²) in [6, 6.07) is 9.47. The van der Waals surface area contributed by atoms with Crippen molar-refractivity contribution in [3.8, 4) is 11.4 Å². The van der Waals surface area contributed by atoms with Gasteiger partial charge in [0.05, 0.1) is 0 Å². The van der Waals surface area contributed by atoms with Gasteiger partial charge in [-0.3, -0.25) is 4.79 Å². The minimum atomic E-state index is -0.444. The molecular weight excluding hydrogens is 304 g/mol. The first-order valence-electron chi connectivity index (χ1n) is 8.40. The molecule has 1 fully saturated rings. The van der Waals surface area contributed by atoms with E-state index in [0.29, 0.717) is 5.82 Å². The van der Waals surface area contributed by atoms with Crippen molar-refractivity contribution in [2.75, 3.05) is 20.1 Å². The molecule has 1 aliphatic heterocycles. The molecule has 1 aromatic heterocycles. The SMILES string of the molecule is CC(C)C(C(=O)N(C)C1CCNC1)n1nnc(-c2ccccc2)n1. The molecule has 2 heterocycles. The van der Waals surface area contributed by atoms with Gasteiger partial charge in [-0.25, -0.2) is 0 Å². The highest BCUT2D eigenvalue weighted by atomic mass is 16.2. The van der Waals surface area contributed by atoms with Gasteiger partial charge in [0.25, 0.3) is 0 Å². The standard InChI is InChI=1S/C17H24N6O/c1-12(2)15(17(24)22(3)14-9-10-18-11-14)23-20-16(19-21-23)13-7-5-4-6-8-13/h4-8,12,14-15,18H,9-11H2,1-3H3. The van der Waals surface area contributed by atoms with E-state index in [-0.39, 0.29) is 17.9 Å². The van der Waals surface area contributed by atoms with Crippen LogP contribution in [-0.4, -0.2) is 57.2 Å². The molecule has 2 unspecified atom stereocenters. The van der Waals surface area contributed by atoms with Crippen LogP contribution in [-0.2, 0) is 4.79 Å². The summed E-state index contributed by atoms with van der Waals surface area (Å²) in [4.78, 5) is 16.3. The number of carbonyl (C=O) groups excluding carboxylic acids is 1. The van der Waals surface area contributed by atoms with E-state index in [1.54, 1.807) is 0 Å². The van der Waals surface area contributed by atoms with Crippen LogP contribution in [0.5, 0.6) is 0 Å². The molecule has 7 heteroatoms. The second kappa shape index (κ2) is 7.09. The lowest BCUT2D eigenvalue weighted by Crippen LogP contribution is -2.44. The molecule has 1 amide bonds. The van der Waals surface area contributed by atoms with Crippen molar-refractivity contribution >= 4 is 5.91 Å². The third-order valence-electron chi connectivity index (χ3n) is 4.52. The van der Waals surface area contributed by atoms with E-state index in [0.717, 1.165) is 25.1 Å². The smallest absolute Gasteiger partial charge is 0.249 e. The summed E-state index contributed by atoms with van der Waals surface area (Å²) in [5.74, 6) is 0.655. The molecule has 0 saturated carbocycles. The maximum atomic E-state index is 13.0. The molecule has 0 radical (unpaired) electrons. The van der Waals surface area contributed by atoms with Gasteiger partial charge < -0.3 is 10.2 Å². The Balaban J connectivity index is 1.83.